The zero-order chi connectivity index (χ0) is 17.0. The Kier molecular flexibility index (Phi) is 6.20. The van der Waals surface area contributed by atoms with Gasteiger partial charge in [0.15, 0.2) is 8.32 Å². The average molecular weight is 369 g/mol. The van der Waals surface area contributed by atoms with E-state index in [1.165, 1.54) is 0 Å². The highest BCUT2D eigenvalue weighted by molar-refractivity contribution is 6.69. The topological polar surface area (TPSA) is 35.0 Å². The van der Waals surface area contributed by atoms with E-state index in [2.05, 4.69) is 36.5 Å². The van der Waals surface area contributed by atoms with Crippen LogP contribution in [0.5, 0.6) is 0 Å². The SMILES string of the molecule is CC(CO[Si](C)(C)C)c1cc(Cc2ccc(Cl)cc2)nc(Cl)n1. The Morgan fingerprint density at radius 1 is 1.09 bits per heavy atom. The van der Waals surface area contributed by atoms with E-state index in [0.29, 0.717) is 13.0 Å². The normalized spacial score (nSPS) is 13.1. The van der Waals surface area contributed by atoms with Crippen molar-refractivity contribution in [2.24, 2.45) is 0 Å². The predicted molar refractivity (Wildman–Crippen MR) is 99.0 cm³/mol. The molecule has 0 aliphatic heterocycles. The molecule has 0 aliphatic rings. The van der Waals surface area contributed by atoms with Gasteiger partial charge in [-0.25, -0.2) is 9.97 Å². The highest BCUT2D eigenvalue weighted by atomic mass is 35.5. The minimum Gasteiger partial charge on any atom is -0.417 e. The number of benzene rings is 1. The van der Waals surface area contributed by atoms with Crippen LogP contribution < -0.4 is 0 Å². The summed E-state index contributed by atoms with van der Waals surface area (Å²) in [6, 6.07) is 9.76. The van der Waals surface area contributed by atoms with Crippen LogP contribution in [0.3, 0.4) is 0 Å². The maximum atomic E-state index is 6.10. The van der Waals surface area contributed by atoms with Crippen molar-refractivity contribution in [3.8, 4) is 0 Å². The van der Waals surface area contributed by atoms with Crippen molar-refractivity contribution in [2.75, 3.05) is 6.61 Å². The molecule has 0 amide bonds. The lowest BCUT2D eigenvalue weighted by Gasteiger charge is -2.20. The van der Waals surface area contributed by atoms with Crippen LogP contribution in [0.15, 0.2) is 30.3 Å². The van der Waals surface area contributed by atoms with Gasteiger partial charge in [0.05, 0.1) is 5.69 Å². The lowest BCUT2D eigenvalue weighted by molar-refractivity contribution is 0.287. The van der Waals surface area contributed by atoms with Crippen LogP contribution in [0.4, 0.5) is 0 Å². The maximum absolute atomic E-state index is 6.10. The molecule has 2 aromatic rings. The Balaban J connectivity index is 2.13. The van der Waals surface area contributed by atoms with Gasteiger partial charge in [-0.1, -0.05) is 30.7 Å². The summed E-state index contributed by atoms with van der Waals surface area (Å²) >= 11 is 12.0. The number of halogens is 2. The summed E-state index contributed by atoms with van der Waals surface area (Å²) in [5, 5.41) is 1.01. The van der Waals surface area contributed by atoms with E-state index in [4.69, 9.17) is 27.6 Å². The van der Waals surface area contributed by atoms with Gasteiger partial charge in [0.2, 0.25) is 5.28 Å². The molecule has 0 saturated carbocycles. The lowest BCUT2D eigenvalue weighted by atomic mass is 10.1. The third kappa shape index (κ3) is 6.22. The highest BCUT2D eigenvalue weighted by Crippen LogP contribution is 2.20. The van der Waals surface area contributed by atoms with Crippen LogP contribution in [0, 0.1) is 0 Å². The van der Waals surface area contributed by atoms with Gasteiger partial charge in [-0.15, -0.1) is 0 Å². The molecule has 0 fully saturated rings. The first-order chi connectivity index (χ1) is 10.7. The Hall–Kier alpha value is -0.943. The summed E-state index contributed by atoms with van der Waals surface area (Å²) in [4.78, 5) is 8.69. The van der Waals surface area contributed by atoms with Crippen LogP contribution in [-0.4, -0.2) is 24.9 Å². The molecule has 1 heterocycles. The molecule has 0 N–H and O–H groups in total. The molecule has 124 valence electrons. The molecule has 6 heteroatoms. The Morgan fingerprint density at radius 3 is 2.35 bits per heavy atom. The highest BCUT2D eigenvalue weighted by Gasteiger charge is 2.18. The molecule has 3 nitrogen and oxygen atoms in total. The van der Waals surface area contributed by atoms with E-state index < -0.39 is 8.32 Å². The van der Waals surface area contributed by atoms with Gasteiger partial charge >= 0.3 is 0 Å². The molecule has 1 unspecified atom stereocenters. The van der Waals surface area contributed by atoms with Crippen LogP contribution in [0.2, 0.25) is 29.9 Å². The second-order valence-corrected chi connectivity index (χ2v) is 12.0. The van der Waals surface area contributed by atoms with Gasteiger partial charge in [-0.05, 0) is 55.0 Å². The molecule has 0 radical (unpaired) electrons. The standard InChI is InChI=1S/C17H22Cl2N2OSi/c1-12(11-22-23(2,3)4)16-10-15(20-17(19)21-16)9-13-5-7-14(18)8-6-13/h5-8,10,12H,9,11H2,1-4H3. The summed E-state index contributed by atoms with van der Waals surface area (Å²) < 4.78 is 5.98. The molecule has 0 saturated heterocycles. The van der Waals surface area contributed by atoms with E-state index in [1.54, 1.807) is 0 Å². The first-order valence-corrected chi connectivity index (χ1v) is 11.8. The van der Waals surface area contributed by atoms with Crippen LogP contribution >= 0.6 is 23.2 Å². The van der Waals surface area contributed by atoms with Crippen molar-refractivity contribution in [3.63, 3.8) is 0 Å². The molecule has 2 rings (SSSR count). The Morgan fingerprint density at radius 2 is 1.74 bits per heavy atom. The molecule has 0 aliphatic carbocycles. The minimum atomic E-state index is -1.54. The largest absolute Gasteiger partial charge is 0.417 e. The van der Waals surface area contributed by atoms with Gasteiger partial charge in [-0.2, -0.15) is 0 Å². The Labute approximate surface area is 149 Å². The summed E-state index contributed by atoms with van der Waals surface area (Å²) in [6.45, 7) is 9.30. The zero-order valence-electron chi connectivity index (χ0n) is 13.9. The monoisotopic (exact) mass is 368 g/mol. The smallest absolute Gasteiger partial charge is 0.222 e. The van der Waals surface area contributed by atoms with Gasteiger partial charge in [0, 0.05) is 29.7 Å². The van der Waals surface area contributed by atoms with Crippen molar-refractivity contribution >= 4 is 31.5 Å². The second kappa shape index (κ2) is 7.75. The van der Waals surface area contributed by atoms with Gasteiger partial charge < -0.3 is 4.43 Å². The van der Waals surface area contributed by atoms with Gasteiger partial charge in [-0.3, -0.25) is 0 Å². The molecular weight excluding hydrogens is 347 g/mol. The average Bonchev–Trinajstić information content (AvgIpc) is 2.46. The molecule has 0 bridgehead atoms. The number of hydrogen-bond acceptors (Lipinski definition) is 3. The zero-order valence-corrected chi connectivity index (χ0v) is 16.4. The number of nitrogens with zero attached hydrogens (tertiary/aromatic N) is 2. The summed E-state index contributed by atoms with van der Waals surface area (Å²) in [5.41, 5.74) is 2.97. The van der Waals surface area contributed by atoms with Crippen molar-refractivity contribution in [2.45, 2.75) is 38.9 Å². The fourth-order valence-corrected chi connectivity index (χ4v) is 3.18. The predicted octanol–water partition coefficient (Wildman–Crippen LogP) is 5.33. The Bertz CT molecular complexity index is 657. The second-order valence-electron chi connectivity index (χ2n) is 6.68. The van der Waals surface area contributed by atoms with E-state index in [9.17, 15) is 0 Å². The van der Waals surface area contributed by atoms with Crippen LogP contribution in [-0.2, 0) is 10.8 Å². The summed E-state index contributed by atoms with van der Waals surface area (Å²) in [7, 11) is -1.54. The molecule has 1 aromatic carbocycles. The van der Waals surface area contributed by atoms with E-state index in [1.807, 2.05) is 30.3 Å². The first kappa shape index (κ1) is 18.4. The van der Waals surface area contributed by atoms with Crippen molar-refractivity contribution in [3.05, 3.63) is 57.6 Å². The van der Waals surface area contributed by atoms with Gasteiger partial charge in [0.25, 0.3) is 0 Å². The quantitative estimate of drug-likeness (QED) is 0.510. The number of aromatic nitrogens is 2. The molecular formula is C17H22Cl2N2OSi. The van der Waals surface area contributed by atoms with Crippen LogP contribution in [0.1, 0.15) is 29.8 Å². The fourth-order valence-electron chi connectivity index (χ4n) is 2.10. The van der Waals surface area contributed by atoms with Crippen molar-refractivity contribution < 1.29 is 4.43 Å². The van der Waals surface area contributed by atoms with Crippen molar-refractivity contribution in [1.82, 2.24) is 9.97 Å². The van der Waals surface area contributed by atoms with E-state index in [-0.39, 0.29) is 11.2 Å². The number of hydrogen-bond donors (Lipinski definition) is 0. The van der Waals surface area contributed by atoms with Crippen molar-refractivity contribution in [1.29, 1.82) is 0 Å². The third-order valence-corrected chi connectivity index (χ3v) is 4.80. The molecule has 1 atom stereocenters. The minimum absolute atomic E-state index is 0.186. The van der Waals surface area contributed by atoms with Crippen LogP contribution in [0.25, 0.3) is 0 Å². The van der Waals surface area contributed by atoms with E-state index >= 15 is 0 Å². The summed E-state index contributed by atoms with van der Waals surface area (Å²) in [6.07, 6.45) is 0.702. The summed E-state index contributed by atoms with van der Waals surface area (Å²) in [5.74, 6) is 0.186. The fraction of sp³-hybridized carbons (Fsp3) is 0.412. The molecule has 0 spiro atoms. The van der Waals surface area contributed by atoms with Gasteiger partial charge in [0.1, 0.15) is 0 Å². The maximum Gasteiger partial charge on any atom is 0.222 e. The number of rotatable bonds is 6. The molecule has 1 aromatic heterocycles. The lowest BCUT2D eigenvalue weighted by Crippen LogP contribution is -2.27. The van der Waals surface area contributed by atoms with E-state index in [0.717, 1.165) is 22.0 Å². The first-order valence-electron chi connectivity index (χ1n) is 7.65. The third-order valence-electron chi connectivity index (χ3n) is 3.34. The molecule has 23 heavy (non-hydrogen) atoms.